The van der Waals surface area contributed by atoms with Crippen LogP contribution in [-0.4, -0.2) is 63.4 Å². The SMILES string of the molecule is Cn1cc(CCC(=O)N2CC3(CCN(C(=O)OC(C)(C)C)CC3)C2)cn1. The Morgan fingerprint density at radius 3 is 2.38 bits per heavy atom. The number of nitrogens with zero attached hydrogens (tertiary/aromatic N) is 4. The number of carbonyl (C=O) groups excluding carboxylic acids is 2. The molecule has 7 nitrogen and oxygen atoms in total. The Kier molecular flexibility index (Phi) is 4.99. The van der Waals surface area contributed by atoms with Gasteiger partial charge in [0.1, 0.15) is 5.60 Å². The maximum Gasteiger partial charge on any atom is 0.410 e. The van der Waals surface area contributed by atoms with Crippen LogP contribution >= 0.6 is 0 Å². The van der Waals surface area contributed by atoms with Gasteiger partial charge in [-0.15, -0.1) is 0 Å². The van der Waals surface area contributed by atoms with Gasteiger partial charge < -0.3 is 14.5 Å². The molecule has 0 unspecified atom stereocenters. The van der Waals surface area contributed by atoms with E-state index >= 15 is 0 Å². The lowest BCUT2D eigenvalue weighted by atomic mass is 9.72. The molecule has 0 aliphatic carbocycles. The fourth-order valence-electron chi connectivity index (χ4n) is 3.76. The van der Waals surface area contributed by atoms with Crippen molar-refractivity contribution in [3.05, 3.63) is 18.0 Å². The fourth-order valence-corrected chi connectivity index (χ4v) is 3.76. The molecule has 0 saturated carbocycles. The minimum Gasteiger partial charge on any atom is -0.444 e. The zero-order valence-electron chi connectivity index (χ0n) is 16.3. The van der Waals surface area contributed by atoms with E-state index in [9.17, 15) is 9.59 Å². The van der Waals surface area contributed by atoms with E-state index in [0.29, 0.717) is 19.5 Å². The maximum absolute atomic E-state index is 12.4. The zero-order valence-corrected chi connectivity index (χ0v) is 16.3. The largest absolute Gasteiger partial charge is 0.444 e. The molecule has 1 aromatic rings. The smallest absolute Gasteiger partial charge is 0.410 e. The number of likely N-dealkylation sites (tertiary alicyclic amines) is 2. The van der Waals surface area contributed by atoms with Crippen molar-refractivity contribution >= 4 is 12.0 Å². The standard InChI is InChI=1S/C19H30N4O3/c1-18(2,3)26-17(25)22-9-7-19(8-10-22)13-23(14-19)16(24)6-5-15-11-20-21(4)12-15/h11-12H,5-10,13-14H2,1-4H3. The Hall–Kier alpha value is -2.05. The highest BCUT2D eigenvalue weighted by Crippen LogP contribution is 2.41. The summed E-state index contributed by atoms with van der Waals surface area (Å²) in [6, 6.07) is 0. The van der Waals surface area contributed by atoms with Crippen molar-refractivity contribution in [2.45, 2.75) is 52.1 Å². The van der Waals surface area contributed by atoms with E-state index in [1.54, 1.807) is 9.58 Å². The summed E-state index contributed by atoms with van der Waals surface area (Å²) in [5.41, 5.74) is 0.838. The molecule has 2 fully saturated rings. The minimum atomic E-state index is -0.458. The van der Waals surface area contributed by atoms with E-state index in [1.807, 2.05) is 45.1 Å². The molecule has 0 atom stereocenters. The summed E-state index contributed by atoms with van der Waals surface area (Å²) in [6.45, 7) is 8.73. The van der Waals surface area contributed by atoms with Gasteiger partial charge in [-0.2, -0.15) is 5.10 Å². The van der Waals surface area contributed by atoms with Crippen LogP contribution in [0.3, 0.4) is 0 Å². The molecule has 0 bridgehead atoms. The second-order valence-electron chi connectivity index (χ2n) is 8.74. The van der Waals surface area contributed by atoms with Crippen LogP contribution < -0.4 is 0 Å². The molecule has 0 N–H and O–H groups in total. The molecule has 3 rings (SSSR count). The Morgan fingerprint density at radius 1 is 1.19 bits per heavy atom. The first-order valence-electron chi connectivity index (χ1n) is 9.39. The first kappa shape index (κ1) is 18.7. The van der Waals surface area contributed by atoms with Gasteiger partial charge in [0.15, 0.2) is 0 Å². The Balaban J connectivity index is 1.40. The van der Waals surface area contributed by atoms with Gasteiger partial charge in [0.05, 0.1) is 6.20 Å². The number of rotatable bonds is 3. The van der Waals surface area contributed by atoms with Crippen molar-refractivity contribution in [2.24, 2.45) is 12.5 Å². The molecular formula is C19H30N4O3. The van der Waals surface area contributed by atoms with Crippen LogP contribution in [-0.2, 0) is 23.0 Å². The summed E-state index contributed by atoms with van der Waals surface area (Å²) in [5, 5.41) is 4.13. The molecule has 1 aromatic heterocycles. The van der Waals surface area contributed by atoms with Crippen LogP contribution in [0.15, 0.2) is 12.4 Å². The molecule has 2 aliphatic rings. The Bertz CT molecular complexity index is 661. The number of piperidine rings is 1. The highest BCUT2D eigenvalue weighted by molar-refractivity contribution is 5.77. The lowest BCUT2D eigenvalue weighted by Gasteiger charge is -2.54. The van der Waals surface area contributed by atoms with Crippen LogP contribution in [0.2, 0.25) is 0 Å². The monoisotopic (exact) mass is 362 g/mol. The van der Waals surface area contributed by atoms with E-state index in [4.69, 9.17) is 4.74 Å². The average molecular weight is 362 g/mol. The number of aromatic nitrogens is 2. The molecule has 0 radical (unpaired) electrons. The quantitative estimate of drug-likeness (QED) is 0.827. The minimum absolute atomic E-state index is 0.197. The van der Waals surface area contributed by atoms with E-state index in [0.717, 1.165) is 37.9 Å². The molecular weight excluding hydrogens is 332 g/mol. The fraction of sp³-hybridized carbons (Fsp3) is 0.737. The van der Waals surface area contributed by atoms with Gasteiger partial charge >= 0.3 is 6.09 Å². The van der Waals surface area contributed by atoms with E-state index in [-0.39, 0.29) is 17.4 Å². The predicted molar refractivity (Wildman–Crippen MR) is 97.6 cm³/mol. The summed E-state index contributed by atoms with van der Waals surface area (Å²) in [4.78, 5) is 28.3. The summed E-state index contributed by atoms with van der Waals surface area (Å²) in [5.74, 6) is 0.217. The van der Waals surface area contributed by atoms with Crippen LogP contribution in [0.5, 0.6) is 0 Å². The van der Waals surface area contributed by atoms with Crippen molar-refractivity contribution in [1.29, 1.82) is 0 Å². The third kappa shape index (κ3) is 4.37. The van der Waals surface area contributed by atoms with Gasteiger partial charge in [-0.3, -0.25) is 9.48 Å². The second-order valence-corrected chi connectivity index (χ2v) is 8.74. The molecule has 2 amide bonds. The third-order valence-corrected chi connectivity index (χ3v) is 5.27. The molecule has 0 aromatic carbocycles. The van der Waals surface area contributed by atoms with Gasteiger partial charge in [-0.05, 0) is 45.6 Å². The van der Waals surface area contributed by atoms with Gasteiger partial charge in [-0.1, -0.05) is 0 Å². The van der Waals surface area contributed by atoms with Crippen molar-refractivity contribution < 1.29 is 14.3 Å². The lowest BCUT2D eigenvalue weighted by molar-refractivity contribution is -0.146. The highest BCUT2D eigenvalue weighted by atomic mass is 16.6. The number of aryl methyl sites for hydroxylation is 2. The van der Waals surface area contributed by atoms with Gasteiger partial charge in [0.25, 0.3) is 0 Å². The van der Waals surface area contributed by atoms with Crippen molar-refractivity contribution in [2.75, 3.05) is 26.2 Å². The average Bonchev–Trinajstić information content (AvgIpc) is 2.94. The number of carbonyl (C=O) groups is 2. The zero-order chi connectivity index (χ0) is 18.9. The van der Waals surface area contributed by atoms with Crippen LogP contribution in [0.25, 0.3) is 0 Å². The van der Waals surface area contributed by atoms with Crippen LogP contribution in [0, 0.1) is 5.41 Å². The first-order valence-corrected chi connectivity index (χ1v) is 9.39. The predicted octanol–water partition coefficient (Wildman–Crippen LogP) is 2.21. The number of hydrogen-bond acceptors (Lipinski definition) is 4. The summed E-state index contributed by atoms with van der Waals surface area (Å²) in [7, 11) is 1.88. The van der Waals surface area contributed by atoms with Gasteiger partial charge in [0, 0.05) is 51.3 Å². The molecule has 3 heterocycles. The molecule has 7 heteroatoms. The van der Waals surface area contributed by atoms with Crippen molar-refractivity contribution in [1.82, 2.24) is 19.6 Å². The third-order valence-electron chi connectivity index (χ3n) is 5.27. The highest BCUT2D eigenvalue weighted by Gasteiger charge is 2.47. The summed E-state index contributed by atoms with van der Waals surface area (Å²) >= 11 is 0. The molecule has 2 aliphatic heterocycles. The van der Waals surface area contributed by atoms with Crippen molar-refractivity contribution in [3.63, 3.8) is 0 Å². The van der Waals surface area contributed by atoms with E-state index < -0.39 is 5.60 Å². The Labute approximate surface area is 155 Å². The molecule has 144 valence electrons. The first-order chi connectivity index (χ1) is 12.2. The molecule has 2 saturated heterocycles. The summed E-state index contributed by atoms with van der Waals surface area (Å²) in [6.07, 6.45) is 6.70. The van der Waals surface area contributed by atoms with Crippen LogP contribution in [0.1, 0.15) is 45.6 Å². The van der Waals surface area contributed by atoms with Crippen molar-refractivity contribution in [3.8, 4) is 0 Å². The second kappa shape index (κ2) is 6.93. The number of amides is 2. The number of hydrogen-bond donors (Lipinski definition) is 0. The van der Waals surface area contributed by atoms with E-state index in [2.05, 4.69) is 5.10 Å². The maximum atomic E-state index is 12.4. The number of ether oxygens (including phenoxy) is 1. The normalized spacial score (nSPS) is 19.4. The Morgan fingerprint density at radius 2 is 1.85 bits per heavy atom. The van der Waals surface area contributed by atoms with Crippen LogP contribution in [0.4, 0.5) is 4.79 Å². The molecule has 1 spiro atoms. The van der Waals surface area contributed by atoms with Gasteiger partial charge in [0.2, 0.25) is 5.91 Å². The lowest BCUT2D eigenvalue weighted by Crippen LogP contribution is -2.62. The molecule has 26 heavy (non-hydrogen) atoms. The summed E-state index contributed by atoms with van der Waals surface area (Å²) < 4.78 is 7.21. The van der Waals surface area contributed by atoms with E-state index in [1.165, 1.54) is 0 Å². The van der Waals surface area contributed by atoms with Gasteiger partial charge in [-0.25, -0.2) is 4.79 Å². The topological polar surface area (TPSA) is 67.7 Å².